The number of carbonyl (C=O) groups excluding carboxylic acids is 1. The minimum atomic E-state index is -0.373. The van der Waals surface area contributed by atoms with Gasteiger partial charge in [0.15, 0.2) is 0 Å². The van der Waals surface area contributed by atoms with E-state index in [1.807, 2.05) is 30.3 Å². The van der Waals surface area contributed by atoms with E-state index in [0.29, 0.717) is 6.61 Å². The molecule has 0 spiro atoms. The lowest BCUT2D eigenvalue weighted by atomic mass is 10.2. The molecule has 0 aliphatic rings. The molecule has 0 aliphatic carbocycles. The standard InChI is InChI=1S/C8H8O2S2/c9-8(12-11)10-6-7-4-2-1-3-5-7/h1-5,11H,6H2. The van der Waals surface area contributed by atoms with Crippen LogP contribution in [0.15, 0.2) is 30.3 Å². The zero-order valence-corrected chi connectivity index (χ0v) is 7.98. The van der Waals surface area contributed by atoms with Crippen molar-refractivity contribution in [2.75, 3.05) is 0 Å². The van der Waals surface area contributed by atoms with Gasteiger partial charge in [0.2, 0.25) is 0 Å². The fourth-order valence-corrected chi connectivity index (χ4v) is 1.01. The van der Waals surface area contributed by atoms with Gasteiger partial charge in [-0.2, -0.15) is 0 Å². The zero-order chi connectivity index (χ0) is 8.81. The number of ether oxygens (including phenoxy) is 1. The second kappa shape index (κ2) is 5.11. The van der Waals surface area contributed by atoms with E-state index < -0.39 is 0 Å². The molecule has 0 amide bonds. The number of thiol groups is 1. The summed E-state index contributed by atoms with van der Waals surface area (Å²) in [7, 11) is 0.777. The van der Waals surface area contributed by atoms with E-state index in [0.717, 1.165) is 16.4 Å². The second-order valence-electron chi connectivity index (χ2n) is 2.12. The molecule has 0 aliphatic heterocycles. The third-order valence-corrected chi connectivity index (χ3v) is 1.99. The summed E-state index contributed by atoms with van der Waals surface area (Å²) in [6.07, 6.45) is 0. The van der Waals surface area contributed by atoms with Gasteiger partial charge in [0.25, 0.3) is 0 Å². The monoisotopic (exact) mass is 200 g/mol. The average molecular weight is 200 g/mol. The molecule has 0 saturated carbocycles. The van der Waals surface area contributed by atoms with Crippen LogP contribution < -0.4 is 0 Å². The van der Waals surface area contributed by atoms with Gasteiger partial charge in [0.1, 0.15) is 6.61 Å². The molecule has 12 heavy (non-hydrogen) atoms. The number of hydrogen-bond acceptors (Lipinski definition) is 4. The SMILES string of the molecule is O=C(OCc1ccccc1)SS. The first-order chi connectivity index (χ1) is 5.83. The summed E-state index contributed by atoms with van der Waals surface area (Å²) in [5.41, 5.74) is 0.980. The molecular formula is C8H8O2S2. The fourth-order valence-electron chi connectivity index (χ4n) is 0.743. The maximum Gasteiger partial charge on any atom is 0.378 e. The highest BCUT2D eigenvalue weighted by Gasteiger charge is 1.99. The van der Waals surface area contributed by atoms with Gasteiger partial charge in [0, 0.05) is 10.8 Å². The third-order valence-electron chi connectivity index (χ3n) is 1.27. The van der Waals surface area contributed by atoms with Gasteiger partial charge < -0.3 is 4.74 Å². The van der Waals surface area contributed by atoms with E-state index in [4.69, 9.17) is 4.74 Å². The Morgan fingerprint density at radius 1 is 1.42 bits per heavy atom. The Morgan fingerprint density at radius 2 is 2.08 bits per heavy atom. The minimum absolute atomic E-state index is 0.313. The maximum atomic E-state index is 10.6. The molecule has 0 bridgehead atoms. The van der Waals surface area contributed by atoms with Crippen LogP contribution in [0.4, 0.5) is 4.79 Å². The molecule has 64 valence electrons. The number of benzene rings is 1. The van der Waals surface area contributed by atoms with E-state index in [9.17, 15) is 4.79 Å². The zero-order valence-electron chi connectivity index (χ0n) is 6.27. The van der Waals surface area contributed by atoms with Crippen molar-refractivity contribution in [1.29, 1.82) is 0 Å². The Balaban J connectivity index is 2.38. The molecule has 1 aromatic rings. The van der Waals surface area contributed by atoms with Crippen LogP contribution in [-0.4, -0.2) is 5.30 Å². The van der Waals surface area contributed by atoms with Gasteiger partial charge >= 0.3 is 5.30 Å². The second-order valence-corrected chi connectivity index (χ2v) is 3.18. The highest BCUT2D eigenvalue weighted by atomic mass is 33.1. The van der Waals surface area contributed by atoms with Crippen molar-refractivity contribution in [2.45, 2.75) is 6.61 Å². The summed E-state index contributed by atoms with van der Waals surface area (Å²) < 4.78 is 4.82. The van der Waals surface area contributed by atoms with E-state index in [-0.39, 0.29) is 5.30 Å². The van der Waals surface area contributed by atoms with Crippen LogP contribution in [0.3, 0.4) is 0 Å². The van der Waals surface area contributed by atoms with Gasteiger partial charge in [-0.05, 0) is 5.56 Å². The Hall–Kier alpha value is -0.610. The van der Waals surface area contributed by atoms with Crippen LogP contribution in [-0.2, 0) is 11.3 Å². The first kappa shape index (κ1) is 9.48. The molecule has 4 heteroatoms. The molecule has 0 radical (unpaired) electrons. The van der Waals surface area contributed by atoms with Gasteiger partial charge in [-0.25, -0.2) is 4.79 Å². The average Bonchev–Trinajstić information content (AvgIpc) is 2.16. The van der Waals surface area contributed by atoms with Crippen LogP contribution in [0.2, 0.25) is 0 Å². The van der Waals surface area contributed by atoms with Gasteiger partial charge in [-0.3, -0.25) is 0 Å². The van der Waals surface area contributed by atoms with Crippen LogP contribution in [0, 0.1) is 0 Å². The van der Waals surface area contributed by atoms with Crippen LogP contribution >= 0.6 is 22.5 Å². The van der Waals surface area contributed by atoms with Crippen molar-refractivity contribution in [3.63, 3.8) is 0 Å². The summed E-state index contributed by atoms with van der Waals surface area (Å²) in [5.74, 6) is 0. The van der Waals surface area contributed by atoms with E-state index in [1.54, 1.807) is 0 Å². The third kappa shape index (κ3) is 3.19. The quantitative estimate of drug-likeness (QED) is 0.451. The van der Waals surface area contributed by atoms with Gasteiger partial charge in [0.05, 0.1) is 0 Å². The lowest BCUT2D eigenvalue weighted by Gasteiger charge is -2.00. The van der Waals surface area contributed by atoms with Crippen LogP contribution in [0.1, 0.15) is 5.56 Å². The van der Waals surface area contributed by atoms with Crippen molar-refractivity contribution in [3.8, 4) is 0 Å². The molecule has 1 rings (SSSR count). The Morgan fingerprint density at radius 3 is 2.67 bits per heavy atom. The predicted octanol–water partition coefficient (Wildman–Crippen LogP) is 2.90. The molecule has 0 aromatic heterocycles. The van der Waals surface area contributed by atoms with Crippen molar-refractivity contribution in [2.24, 2.45) is 0 Å². The van der Waals surface area contributed by atoms with Crippen molar-refractivity contribution < 1.29 is 9.53 Å². The highest BCUT2D eigenvalue weighted by molar-refractivity contribution is 8.74. The summed E-state index contributed by atoms with van der Waals surface area (Å²) in [4.78, 5) is 10.6. The normalized spacial score (nSPS) is 9.42. The number of carbonyl (C=O) groups is 1. The molecule has 0 unspecified atom stereocenters. The Kier molecular flexibility index (Phi) is 4.04. The molecular weight excluding hydrogens is 192 g/mol. The lowest BCUT2D eigenvalue weighted by molar-refractivity contribution is 0.169. The first-order valence-corrected chi connectivity index (χ1v) is 5.22. The van der Waals surface area contributed by atoms with E-state index in [1.165, 1.54) is 0 Å². The molecule has 1 aromatic carbocycles. The number of hydrogen-bond donors (Lipinski definition) is 1. The largest absolute Gasteiger partial charge is 0.452 e. The van der Waals surface area contributed by atoms with E-state index in [2.05, 4.69) is 11.7 Å². The molecule has 0 heterocycles. The Labute approximate surface area is 80.1 Å². The smallest absolute Gasteiger partial charge is 0.378 e. The van der Waals surface area contributed by atoms with E-state index >= 15 is 0 Å². The highest BCUT2D eigenvalue weighted by Crippen LogP contribution is 2.11. The van der Waals surface area contributed by atoms with Crippen molar-refractivity contribution in [3.05, 3.63) is 35.9 Å². The number of rotatable bonds is 2. The molecule has 0 saturated heterocycles. The van der Waals surface area contributed by atoms with Crippen molar-refractivity contribution >= 4 is 27.8 Å². The summed E-state index contributed by atoms with van der Waals surface area (Å²) >= 11 is 3.70. The molecule has 0 fully saturated rings. The molecule has 2 nitrogen and oxygen atoms in total. The summed E-state index contributed by atoms with van der Waals surface area (Å²) in [6, 6.07) is 9.51. The topological polar surface area (TPSA) is 26.3 Å². The van der Waals surface area contributed by atoms with Crippen LogP contribution in [0.5, 0.6) is 0 Å². The first-order valence-electron chi connectivity index (χ1n) is 3.35. The fraction of sp³-hybridized carbons (Fsp3) is 0.125. The van der Waals surface area contributed by atoms with Crippen LogP contribution in [0.25, 0.3) is 0 Å². The van der Waals surface area contributed by atoms with Crippen molar-refractivity contribution in [1.82, 2.24) is 0 Å². The lowest BCUT2D eigenvalue weighted by Crippen LogP contribution is -1.95. The Bertz CT molecular complexity index is 248. The van der Waals surface area contributed by atoms with Gasteiger partial charge in [-0.1, -0.05) is 42.0 Å². The maximum absolute atomic E-state index is 10.6. The van der Waals surface area contributed by atoms with Gasteiger partial charge in [-0.15, -0.1) is 0 Å². The predicted molar refractivity (Wildman–Crippen MR) is 53.2 cm³/mol. The minimum Gasteiger partial charge on any atom is -0.452 e. The molecule has 0 N–H and O–H groups in total. The summed E-state index contributed by atoms with van der Waals surface area (Å²) in [5, 5.41) is -0.373. The summed E-state index contributed by atoms with van der Waals surface area (Å²) in [6.45, 7) is 0.313. The molecule has 0 atom stereocenters.